The molecular formula is C7H11NO3. The predicted octanol–water partition coefficient (Wildman–Crippen LogP) is -0.580. The van der Waals surface area contributed by atoms with Crippen LogP contribution in [0.2, 0.25) is 0 Å². The van der Waals surface area contributed by atoms with Crippen molar-refractivity contribution in [2.24, 2.45) is 5.92 Å². The van der Waals surface area contributed by atoms with Crippen LogP contribution in [-0.2, 0) is 9.59 Å². The normalized spacial score (nSPS) is 26.9. The summed E-state index contributed by atoms with van der Waals surface area (Å²) in [5.41, 5.74) is 0. The molecule has 0 spiro atoms. The van der Waals surface area contributed by atoms with Crippen LogP contribution < -0.4 is 5.32 Å². The van der Waals surface area contributed by atoms with Crippen LogP contribution in [0.3, 0.4) is 0 Å². The summed E-state index contributed by atoms with van der Waals surface area (Å²) in [5, 5.41) is 11.4. The fraction of sp³-hybridized carbons (Fsp3) is 0.714. The summed E-state index contributed by atoms with van der Waals surface area (Å²) in [6.07, 6.45) is -0.0411. The van der Waals surface area contributed by atoms with Gasteiger partial charge in [0.25, 0.3) is 0 Å². The number of amides is 2. The van der Waals surface area contributed by atoms with Gasteiger partial charge in [0.15, 0.2) is 0 Å². The second-order valence-corrected chi connectivity index (χ2v) is 2.70. The summed E-state index contributed by atoms with van der Waals surface area (Å²) in [4.78, 5) is 21.5. The third-order valence-corrected chi connectivity index (χ3v) is 1.89. The molecular weight excluding hydrogens is 146 g/mol. The molecule has 11 heavy (non-hydrogen) atoms. The zero-order valence-electron chi connectivity index (χ0n) is 6.33. The van der Waals surface area contributed by atoms with Gasteiger partial charge in [-0.05, 0) is 6.42 Å². The Labute approximate surface area is 64.6 Å². The largest absolute Gasteiger partial charge is 0.392 e. The van der Waals surface area contributed by atoms with Crippen molar-refractivity contribution in [1.82, 2.24) is 5.32 Å². The molecule has 2 unspecified atom stereocenters. The summed E-state index contributed by atoms with van der Waals surface area (Å²) in [7, 11) is 0. The summed E-state index contributed by atoms with van der Waals surface area (Å²) in [5.74, 6) is -1.15. The molecule has 1 aliphatic rings. The van der Waals surface area contributed by atoms with Crippen molar-refractivity contribution in [1.29, 1.82) is 0 Å². The van der Waals surface area contributed by atoms with Crippen molar-refractivity contribution >= 4 is 11.8 Å². The first-order chi connectivity index (χ1) is 5.15. The van der Waals surface area contributed by atoms with Crippen LogP contribution in [0.25, 0.3) is 0 Å². The minimum Gasteiger partial charge on any atom is -0.392 e. The highest BCUT2D eigenvalue weighted by Crippen LogP contribution is 2.16. The molecule has 4 nitrogen and oxygen atoms in total. The quantitative estimate of drug-likeness (QED) is 0.527. The first kappa shape index (κ1) is 8.20. The van der Waals surface area contributed by atoms with Crippen molar-refractivity contribution in [3.8, 4) is 0 Å². The maximum Gasteiger partial charge on any atom is 0.232 e. The Balaban J connectivity index is 2.59. The minimum absolute atomic E-state index is 0.133. The Morgan fingerprint density at radius 2 is 2.36 bits per heavy atom. The van der Waals surface area contributed by atoms with E-state index in [1.165, 1.54) is 0 Å². The van der Waals surface area contributed by atoms with Gasteiger partial charge < -0.3 is 5.11 Å². The zero-order chi connectivity index (χ0) is 8.43. The molecule has 0 aromatic rings. The van der Waals surface area contributed by atoms with Crippen LogP contribution in [0.1, 0.15) is 19.8 Å². The molecule has 0 aliphatic carbocycles. The lowest BCUT2D eigenvalue weighted by molar-refractivity contribution is -0.127. The molecule has 1 heterocycles. The van der Waals surface area contributed by atoms with E-state index < -0.39 is 12.0 Å². The molecule has 0 radical (unpaired) electrons. The molecule has 2 amide bonds. The number of carbonyl (C=O) groups is 2. The molecule has 1 rings (SSSR count). The first-order valence-electron chi connectivity index (χ1n) is 3.67. The van der Waals surface area contributed by atoms with E-state index in [1.807, 2.05) is 0 Å². The topological polar surface area (TPSA) is 66.4 Å². The van der Waals surface area contributed by atoms with Crippen molar-refractivity contribution in [2.45, 2.75) is 25.9 Å². The average molecular weight is 157 g/mol. The number of rotatable bonds is 2. The number of aliphatic hydroxyl groups is 1. The minimum atomic E-state index is -0.679. The number of hydrogen-bond acceptors (Lipinski definition) is 3. The van der Waals surface area contributed by atoms with Crippen molar-refractivity contribution < 1.29 is 14.7 Å². The van der Waals surface area contributed by atoms with Crippen LogP contribution >= 0.6 is 0 Å². The summed E-state index contributed by atoms with van der Waals surface area (Å²) in [6, 6.07) is 0. The Morgan fingerprint density at radius 1 is 1.73 bits per heavy atom. The van der Waals surface area contributed by atoms with Crippen LogP contribution in [0.15, 0.2) is 0 Å². The van der Waals surface area contributed by atoms with Gasteiger partial charge in [0.2, 0.25) is 11.8 Å². The van der Waals surface area contributed by atoms with E-state index in [1.54, 1.807) is 6.92 Å². The Kier molecular flexibility index (Phi) is 2.24. The lowest BCUT2D eigenvalue weighted by Gasteiger charge is -2.11. The average Bonchev–Trinajstić information content (AvgIpc) is 2.28. The van der Waals surface area contributed by atoms with E-state index in [0.717, 1.165) is 0 Å². The van der Waals surface area contributed by atoms with Gasteiger partial charge in [-0.15, -0.1) is 0 Å². The van der Waals surface area contributed by atoms with Gasteiger partial charge in [-0.25, -0.2) is 0 Å². The number of carbonyl (C=O) groups excluding carboxylic acids is 2. The number of aliphatic hydroxyl groups excluding tert-OH is 1. The fourth-order valence-electron chi connectivity index (χ4n) is 1.17. The molecule has 62 valence electrons. The van der Waals surface area contributed by atoms with Crippen LogP contribution in [0.5, 0.6) is 0 Å². The molecule has 4 heteroatoms. The van der Waals surface area contributed by atoms with E-state index in [-0.39, 0.29) is 18.2 Å². The maximum absolute atomic E-state index is 10.9. The van der Waals surface area contributed by atoms with E-state index in [9.17, 15) is 14.7 Å². The van der Waals surface area contributed by atoms with E-state index in [2.05, 4.69) is 5.32 Å². The van der Waals surface area contributed by atoms with Gasteiger partial charge in [-0.3, -0.25) is 14.9 Å². The molecule has 2 atom stereocenters. The highest BCUT2D eigenvalue weighted by atomic mass is 16.3. The predicted molar refractivity (Wildman–Crippen MR) is 37.6 cm³/mol. The van der Waals surface area contributed by atoms with Crippen molar-refractivity contribution in [2.75, 3.05) is 0 Å². The van der Waals surface area contributed by atoms with Gasteiger partial charge in [-0.1, -0.05) is 6.92 Å². The lowest BCUT2D eigenvalue weighted by atomic mass is 9.99. The third kappa shape index (κ3) is 1.57. The highest BCUT2D eigenvalue weighted by molar-refractivity contribution is 6.03. The molecule has 0 aromatic heterocycles. The molecule has 1 aliphatic heterocycles. The van der Waals surface area contributed by atoms with Crippen LogP contribution in [0.4, 0.5) is 0 Å². The summed E-state index contributed by atoms with van der Waals surface area (Å²) >= 11 is 0. The van der Waals surface area contributed by atoms with Crippen molar-refractivity contribution in [3.63, 3.8) is 0 Å². The van der Waals surface area contributed by atoms with Crippen molar-refractivity contribution in [3.05, 3.63) is 0 Å². The number of nitrogens with one attached hydrogen (secondary N) is 1. The first-order valence-corrected chi connectivity index (χ1v) is 3.67. The van der Waals surface area contributed by atoms with Gasteiger partial charge in [0.1, 0.15) is 0 Å². The second-order valence-electron chi connectivity index (χ2n) is 2.70. The fourth-order valence-corrected chi connectivity index (χ4v) is 1.17. The molecule has 0 aromatic carbocycles. The molecule has 1 fully saturated rings. The highest BCUT2D eigenvalue weighted by Gasteiger charge is 2.34. The number of hydrogen-bond donors (Lipinski definition) is 2. The van der Waals surface area contributed by atoms with Gasteiger partial charge in [0.05, 0.1) is 12.0 Å². The molecule has 1 saturated heterocycles. The monoisotopic (exact) mass is 157 g/mol. The van der Waals surface area contributed by atoms with Gasteiger partial charge in [0, 0.05) is 6.42 Å². The van der Waals surface area contributed by atoms with Crippen LogP contribution in [-0.4, -0.2) is 23.0 Å². The Hall–Kier alpha value is -0.900. The van der Waals surface area contributed by atoms with Gasteiger partial charge >= 0.3 is 0 Å². The smallest absolute Gasteiger partial charge is 0.232 e. The van der Waals surface area contributed by atoms with E-state index in [0.29, 0.717) is 6.42 Å². The Bertz CT molecular complexity index is 190. The lowest BCUT2D eigenvalue weighted by Crippen LogP contribution is -2.28. The van der Waals surface area contributed by atoms with Crippen LogP contribution in [0, 0.1) is 5.92 Å². The third-order valence-electron chi connectivity index (χ3n) is 1.89. The van der Waals surface area contributed by atoms with Gasteiger partial charge in [-0.2, -0.15) is 0 Å². The maximum atomic E-state index is 10.9. The molecule has 0 bridgehead atoms. The second kappa shape index (κ2) is 3.00. The van der Waals surface area contributed by atoms with E-state index >= 15 is 0 Å². The number of imide groups is 1. The van der Waals surface area contributed by atoms with E-state index in [4.69, 9.17) is 0 Å². The SMILES string of the molecule is CCC(O)C1CC(=O)NC1=O. The summed E-state index contributed by atoms with van der Waals surface area (Å²) < 4.78 is 0. The summed E-state index contributed by atoms with van der Waals surface area (Å²) in [6.45, 7) is 1.78. The standard InChI is InChI=1S/C7H11NO3/c1-2-5(9)4-3-6(10)8-7(4)11/h4-5,9H,2-3H2,1H3,(H,8,10,11). The Morgan fingerprint density at radius 3 is 2.73 bits per heavy atom. The molecule has 2 N–H and O–H groups in total. The zero-order valence-corrected chi connectivity index (χ0v) is 6.33. The molecule has 0 saturated carbocycles.